The Labute approximate surface area is 194 Å². The number of allylic oxidation sites excluding steroid dienone is 1. The summed E-state index contributed by atoms with van der Waals surface area (Å²) in [5, 5.41) is 11.1. The summed E-state index contributed by atoms with van der Waals surface area (Å²) in [6, 6.07) is 13.3. The Kier molecular flexibility index (Phi) is 6.74. The van der Waals surface area contributed by atoms with E-state index in [-0.39, 0.29) is 30.7 Å². The summed E-state index contributed by atoms with van der Waals surface area (Å²) in [5.74, 6) is -0.346. The molecule has 1 atom stereocenters. The van der Waals surface area contributed by atoms with Crippen molar-refractivity contribution < 1.29 is 18.7 Å². The highest BCUT2D eigenvalue weighted by atomic mass is 32.2. The van der Waals surface area contributed by atoms with Crippen molar-refractivity contribution in [2.45, 2.75) is 30.5 Å². The monoisotopic (exact) mass is 467 g/mol. The number of hydrogen-bond donors (Lipinski definition) is 1. The summed E-state index contributed by atoms with van der Waals surface area (Å²) in [4.78, 5) is 26.8. The van der Waals surface area contributed by atoms with Crippen molar-refractivity contribution in [3.05, 3.63) is 72.8 Å². The number of anilines is 2. The Morgan fingerprint density at radius 2 is 2.03 bits per heavy atom. The lowest BCUT2D eigenvalue weighted by atomic mass is 10.2. The zero-order valence-corrected chi connectivity index (χ0v) is 18.7. The lowest BCUT2D eigenvalue weighted by Gasteiger charge is -2.30. The Balaban J connectivity index is 1.50. The molecule has 0 aliphatic carbocycles. The molecule has 2 heterocycles. The zero-order chi connectivity index (χ0) is 23.4. The Hall–Kier alpha value is -3.66. The van der Waals surface area contributed by atoms with Gasteiger partial charge in [0, 0.05) is 6.54 Å². The zero-order valence-electron chi connectivity index (χ0n) is 17.9. The SMILES string of the molecule is C=CCn1c(COc2ccccc2F)nnc1S[C@@H](C)C(=O)N1CC(=O)Nc2ccccc21. The number of para-hydroxylation sites is 3. The van der Waals surface area contributed by atoms with Gasteiger partial charge in [0.25, 0.3) is 0 Å². The van der Waals surface area contributed by atoms with E-state index in [4.69, 9.17) is 4.74 Å². The molecule has 33 heavy (non-hydrogen) atoms. The Morgan fingerprint density at radius 1 is 1.27 bits per heavy atom. The summed E-state index contributed by atoms with van der Waals surface area (Å²) in [6.45, 7) is 5.86. The second-order valence-electron chi connectivity index (χ2n) is 7.27. The highest BCUT2D eigenvalue weighted by molar-refractivity contribution is 8.00. The van der Waals surface area contributed by atoms with Crippen LogP contribution >= 0.6 is 11.8 Å². The number of halogens is 1. The van der Waals surface area contributed by atoms with Crippen molar-refractivity contribution in [1.29, 1.82) is 0 Å². The number of carbonyl (C=O) groups is 2. The van der Waals surface area contributed by atoms with Gasteiger partial charge in [-0.3, -0.25) is 19.1 Å². The number of hydrogen-bond acceptors (Lipinski definition) is 6. The summed E-state index contributed by atoms with van der Waals surface area (Å²) >= 11 is 1.22. The quantitative estimate of drug-likeness (QED) is 0.402. The molecule has 0 bridgehead atoms. The van der Waals surface area contributed by atoms with E-state index in [9.17, 15) is 14.0 Å². The first-order chi connectivity index (χ1) is 16.0. The van der Waals surface area contributed by atoms with Gasteiger partial charge in [0.2, 0.25) is 11.8 Å². The van der Waals surface area contributed by atoms with Crippen LogP contribution in [0.2, 0.25) is 0 Å². The fourth-order valence-electron chi connectivity index (χ4n) is 3.39. The Bertz CT molecular complexity index is 1200. The van der Waals surface area contributed by atoms with Crippen LogP contribution in [-0.4, -0.2) is 38.4 Å². The first-order valence-corrected chi connectivity index (χ1v) is 11.1. The molecule has 0 spiro atoms. The van der Waals surface area contributed by atoms with E-state index in [1.807, 2.05) is 6.07 Å². The number of carbonyl (C=O) groups excluding carboxylic acids is 2. The number of thioether (sulfide) groups is 1. The van der Waals surface area contributed by atoms with Crippen LogP contribution in [0.25, 0.3) is 0 Å². The van der Waals surface area contributed by atoms with E-state index in [0.717, 1.165) is 0 Å². The van der Waals surface area contributed by atoms with Gasteiger partial charge >= 0.3 is 0 Å². The van der Waals surface area contributed by atoms with Gasteiger partial charge in [0.1, 0.15) is 13.2 Å². The van der Waals surface area contributed by atoms with Crippen molar-refractivity contribution in [2.75, 3.05) is 16.8 Å². The van der Waals surface area contributed by atoms with Crippen LogP contribution in [0.15, 0.2) is 66.3 Å². The van der Waals surface area contributed by atoms with Gasteiger partial charge in [-0.2, -0.15) is 0 Å². The van der Waals surface area contributed by atoms with E-state index in [1.165, 1.54) is 28.8 Å². The number of nitrogens with one attached hydrogen (secondary N) is 1. The molecule has 1 aromatic heterocycles. The third-order valence-corrected chi connectivity index (χ3v) is 6.03. The van der Waals surface area contributed by atoms with Crippen LogP contribution in [0.1, 0.15) is 12.7 Å². The third kappa shape index (κ3) is 4.90. The molecule has 4 rings (SSSR count). The molecule has 8 nitrogen and oxygen atoms in total. The molecule has 0 saturated heterocycles. The molecule has 3 aromatic rings. The van der Waals surface area contributed by atoms with Crippen molar-refractivity contribution in [3.8, 4) is 5.75 Å². The number of benzene rings is 2. The molecular formula is C23H22FN5O3S. The summed E-state index contributed by atoms with van der Waals surface area (Å²) in [6.07, 6.45) is 1.68. The largest absolute Gasteiger partial charge is 0.483 e. The fourth-order valence-corrected chi connectivity index (χ4v) is 4.33. The number of ether oxygens (including phenoxy) is 1. The van der Waals surface area contributed by atoms with Gasteiger partial charge in [0.05, 0.1) is 16.6 Å². The van der Waals surface area contributed by atoms with Gasteiger partial charge in [-0.25, -0.2) is 4.39 Å². The average Bonchev–Trinajstić information content (AvgIpc) is 3.18. The minimum Gasteiger partial charge on any atom is -0.483 e. The maximum Gasteiger partial charge on any atom is 0.244 e. The van der Waals surface area contributed by atoms with E-state index in [0.29, 0.717) is 28.9 Å². The topological polar surface area (TPSA) is 89.3 Å². The molecule has 2 amide bonds. The molecule has 2 aromatic carbocycles. The fraction of sp³-hybridized carbons (Fsp3) is 0.217. The summed E-state index contributed by atoms with van der Waals surface area (Å²) in [5.41, 5.74) is 1.25. The minimum atomic E-state index is -0.544. The summed E-state index contributed by atoms with van der Waals surface area (Å²) in [7, 11) is 0. The van der Waals surface area contributed by atoms with Crippen LogP contribution in [0, 0.1) is 5.82 Å². The van der Waals surface area contributed by atoms with Crippen molar-refractivity contribution >= 4 is 35.0 Å². The van der Waals surface area contributed by atoms with Crippen LogP contribution in [-0.2, 0) is 22.7 Å². The number of amides is 2. The van der Waals surface area contributed by atoms with Crippen LogP contribution < -0.4 is 15.0 Å². The number of aromatic nitrogens is 3. The molecule has 1 N–H and O–H groups in total. The van der Waals surface area contributed by atoms with Crippen molar-refractivity contribution in [3.63, 3.8) is 0 Å². The van der Waals surface area contributed by atoms with Crippen LogP contribution in [0.5, 0.6) is 5.75 Å². The molecule has 0 saturated carbocycles. The smallest absolute Gasteiger partial charge is 0.244 e. The molecule has 0 unspecified atom stereocenters. The second-order valence-corrected chi connectivity index (χ2v) is 8.57. The molecule has 10 heteroatoms. The lowest BCUT2D eigenvalue weighted by molar-refractivity contribution is -0.121. The predicted molar refractivity (Wildman–Crippen MR) is 124 cm³/mol. The van der Waals surface area contributed by atoms with E-state index < -0.39 is 11.1 Å². The number of fused-ring (bicyclic) bond motifs is 1. The summed E-state index contributed by atoms with van der Waals surface area (Å²) < 4.78 is 21.2. The minimum absolute atomic E-state index is 0.00430. The molecule has 1 aliphatic heterocycles. The van der Waals surface area contributed by atoms with Gasteiger partial charge in [-0.05, 0) is 31.2 Å². The highest BCUT2D eigenvalue weighted by Crippen LogP contribution is 2.32. The van der Waals surface area contributed by atoms with Gasteiger partial charge in [-0.15, -0.1) is 16.8 Å². The van der Waals surface area contributed by atoms with Crippen molar-refractivity contribution in [1.82, 2.24) is 14.8 Å². The average molecular weight is 468 g/mol. The van der Waals surface area contributed by atoms with Crippen LogP contribution in [0.3, 0.4) is 0 Å². The van der Waals surface area contributed by atoms with E-state index >= 15 is 0 Å². The maximum absolute atomic E-state index is 13.9. The number of rotatable bonds is 8. The highest BCUT2D eigenvalue weighted by Gasteiger charge is 2.31. The molecule has 170 valence electrons. The number of nitrogens with zero attached hydrogens (tertiary/aromatic N) is 4. The van der Waals surface area contributed by atoms with Crippen LogP contribution in [0.4, 0.5) is 15.8 Å². The predicted octanol–water partition coefficient (Wildman–Crippen LogP) is 3.65. The van der Waals surface area contributed by atoms with Crippen molar-refractivity contribution in [2.24, 2.45) is 0 Å². The van der Waals surface area contributed by atoms with E-state index in [1.54, 1.807) is 47.9 Å². The Morgan fingerprint density at radius 3 is 2.82 bits per heavy atom. The lowest BCUT2D eigenvalue weighted by Crippen LogP contribution is -2.45. The molecule has 0 radical (unpaired) electrons. The first kappa shape index (κ1) is 22.5. The van der Waals surface area contributed by atoms with Gasteiger partial charge < -0.3 is 10.1 Å². The molecule has 0 fully saturated rings. The third-order valence-electron chi connectivity index (χ3n) is 4.97. The molecule has 1 aliphatic rings. The normalized spacial score (nSPS) is 13.8. The van der Waals surface area contributed by atoms with Gasteiger partial charge in [0.15, 0.2) is 22.5 Å². The first-order valence-electron chi connectivity index (χ1n) is 10.2. The molecular weight excluding hydrogens is 445 g/mol. The standard InChI is InChI=1S/C23H22FN5O3S/c1-3-12-28-20(14-32-19-11-7-4-8-16(19)24)26-27-23(28)33-15(2)22(31)29-13-21(30)25-17-9-5-6-10-18(17)29/h3-11,15H,1,12-14H2,2H3,(H,25,30)/t15-/m0/s1. The second kappa shape index (κ2) is 9.86. The van der Waals surface area contributed by atoms with Gasteiger partial charge in [-0.1, -0.05) is 42.1 Å². The maximum atomic E-state index is 13.9. The van der Waals surface area contributed by atoms with E-state index in [2.05, 4.69) is 22.1 Å².